The Kier molecular flexibility index (Phi) is 2.76. The lowest BCUT2D eigenvalue weighted by Gasteiger charge is -2.07. The van der Waals surface area contributed by atoms with Gasteiger partial charge in [-0.25, -0.2) is 9.97 Å². The fourth-order valence-corrected chi connectivity index (χ4v) is 0.881. The van der Waals surface area contributed by atoms with Gasteiger partial charge in [0.25, 0.3) is 0 Å². The summed E-state index contributed by atoms with van der Waals surface area (Å²) in [4.78, 5) is 15.2. The molecular formula is C6H6N4O4. The second-order valence-corrected chi connectivity index (χ2v) is 2.41. The highest BCUT2D eigenvalue weighted by atomic mass is 16.6. The molecule has 14 heavy (non-hydrogen) atoms. The van der Waals surface area contributed by atoms with E-state index in [4.69, 9.17) is 10.4 Å². The van der Waals surface area contributed by atoms with Crippen LogP contribution in [-0.4, -0.2) is 31.2 Å². The summed E-state index contributed by atoms with van der Waals surface area (Å²) < 4.78 is 0. The number of aromatic amines is 1. The number of aromatic nitrogens is 2. The smallest absolute Gasteiger partial charge is 0.346 e. The second-order valence-electron chi connectivity index (χ2n) is 2.41. The van der Waals surface area contributed by atoms with Crippen LogP contribution in [0.4, 0.5) is 5.82 Å². The number of imidazole rings is 1. The van der Waals surface area contributed by atoms with Gasteiger partial charge in [0.05, 0.1) is 6.07 Å². The number of aliphatic hydroxyl groups excluding tert-OH is 2. The molecule has 74 valence electrons. The van der Waals surface area contributed by atoms with Crippen LogP contribution in [0.25, 0.3) is 0 Å². The van der Waals surface area contributed by atoms with Gasteiger partial charge in [-0.15, -0.1) is 0 Å². The predicted octanol–water partition coefficient (Wildman–Crippen LogP) is -0.764. The third kappa shape index (κ3) is 1.68. The van der Waals surface area contributed by atoms with E-state index < -0.39 is 22.9 Å². The van der Waals surface area contributed by atoms with E-state index in [-0.39, 0.29) is 5.69 Å². The Morgan fingerprint density at radius 2 is 2.36 bits per heavy atom. The van der Waals surface area contributed by atoms with Crippen LogP contribution >= 0.6 is 0 Å². The summed E-state index contributed by atoms with van der Waals surface area (Å²) in [5, 5.41) is 36.8. The van der Waals surface area contributed by atoms with E-state index in [1.807, 2.05) is 0 Å². The Morgan fingerprint density at radius 1 is 1.71 bits per heavy atom. The molecule has 0 radical (unpaired) electrons. The SMILES string of the molecule is N#CC(O)C(O)c1nc[nH]c1[N+](=O)[O-]. The van der Waals surface area contributed by atoms with Crippen molar-refractivity contribution in [1.29, 1.82) is 5.26 Å². The first-order valence-corrected chi connectivity index (χ1v) is 3.51. The molecule has 0 saturated carbocycles. The maximum Gasteiger partial charge on any atom is 0.346 e. The fraction of sp³-hybridized carbons (Fsp3) is 0.333. The molecule has 3 N–H and O–H groups in total. The molecule has 1 rings (SSSR count). The summed E-state index contributed by atoms with van der Waals surface area (Å²) in [5.74, 6) is -0.535. The van der Waals surface area contributed by atoms with Crippen LogP contribution in [0.2, 0.25) is 0 Å². The highest BCUT2D eigenvalue weighted by molar-refractivity contribution is 5.29. The van der Waals surface area contributed by atoms with Crippen molar-refractivity contribution in [2.45, 2.75) is 12.2 Å². The van der Waals surface area contributed by atoms with Gasteiger partial charge in [0.2, 0.25) is 0 Å². The van der Waals surface area contributed by atoms with E-state index in [2.05, 4.69) is 9.97 Å². The lowest BCUT2D eigenvalue weighted by Crippen LogP contribution is -2.17. The fourth-order valence-electron chi connectivity index (χ4n) is 0.881. The Morgan fingerprint density at radius 3 is 2.86 bits per heavy atom. The quantitative estimate of drug-likeness (QED) is 0.331. The van der Waals surface area contributed by atoms with E-state index in [0.29, 0.717) is 0 Å². The molecule has 0 aliphatic heterocycles. The zero-order valence-corrected chi connectivity index (χ0v) is 6.78. The number of H-pyrrole nitrogens is 1. The molecule has 8 heteroatoms. The number of hydrogen-bond acceptors (Lipinski definition) is 6. The topological polar surface area (TPSA) is 136 Å². The average Bonchev–Trinajstić information content (AvgIpc) is 2.63. The van der Waals surface area contributed by atoms with Crippen LogP contribution < -0.4 is 0 Å². The summed E-state index contributed by atoms with van der Waals surface area (Å²) >= 11 is 0. The lowest BCUT2D eigenvalue weighted by molar-refractivity contribution is -0.390. The van der Waals surface area contributed by atoms with Crippen molar-refractivity contribution in [2.75, 3.05) is 0 Å². The minimum Gasteiger partial charge on any atom is -0.383 e. The van der Waals surface area contributed by atoms with Gasteiger partial charge in [0.15, 0.2) is 18.1 Å². The van der Waals surface area contributed by atoms with Crippen LogP contribution in [0.5, 0.6) is 0 Å². The molecule has 0 aliphatic rings. The number of rotatable bonds is 3. The number of nitriles is 1. The minimum absolute atomic E-state index is 0.357. The van der Waals surface area contributed by atoms with Crippen molar-refractivity contribution < 1.29 is 15.1 Å². The van der Waals surface area contributed by atoms with Crippen molar-refractivity contribution in [1.82, 2.24) is 9.97 Å². The largest absolute Gasteiger partial charge is 0.383 e. The van der Waals surface area contributed by atoms with Crippen LogP contribution in [-0.2, 0) is 0 Å². The summed E-state index contributed by atoms with van der Waals surface area (Å²) in [6, 6.07) is 1.35. The minimum atomic E-state index is -1.74. The Hall–Kier alpha value is -1.98. The zero-order valence-electron chi connectivity index (χ0n) is 6.78. The van der Waals surface area contributed by atoms with Crippen molar-refractivity contribution in [3.8, 4) is 6.07 Å². The lowest BCUT2D eigenvalue weighted by atomic mass is 10.1. The summed E-state index contributed by atoms with van der Waals surface area (Å²) in [6.07, 6.45) is -2.43. The van der Waals surface area contributed by atoms with Crippen LogP contribution in [0, 0.1) is 21.4 Å². The molecule has 0 saturated heterocycles. The molecule has 1 aromatic heterocycles. The van der Waals surface area contributed by atoms with E-state index >= 15 is 0 Å². The van der Waals surface area contributed by atoms with Crippen molar-refractivity contribution >= 4 is 5.82 Å². The first kappa shape index (κ1) is 10.1. The molecule has 0 aromatic carbocycles. The van der Waals surface area contributed by atoms with Gasteiger partial charge in [0.1, 0.15) is 6.10 Å². The third-order valence-electron chi connectivity index (χ3n) is 1.54. The highest BCUT2D eigenvalue weighted by Gasteiger charge is 2.28. The van der Waals surface area contributed by atoms with Gasteiger partial charge < -0.3 is 20.3 Å². The van der Waals surface area contributed by atoms with Gasteiger partial charge in [-0.05, 0) is 4.92 Å². The maximum absolute atomic E-state index is 10.4. The molecule has 1 heterocycles. The summed E-state index contributed by atoms with van der Waals surface area (Å²) in [6.45, 7) is 0. The molecular weight excluding hydrogens is 192 g/mol. The van der Waals surface area contributed by atoms with Crippen molar-refractivity contribution in [3.05, 3.63) is 22.1 Å². The van der Waals surface area contributed by atoms with Crippen LogP contribution in [0.3, 0.4) is 0 Å². The van der Waals surface area contributed by atoms with Crippen molar-refractivity contribution in [2.24, 2.45) is 0 Å². The summed E-state index contributed by atoms with van der Waals surface area (Å²) in [5.41, 5.74) is -0.357. The van der Waals surface area contributed by atoms with E-state index in [1.165, 1.54) is 6.07 Å². The molecule has 0 fully saturated rings. The van der Waals surface area contributed by atoms with Gasteiger partial charge in [-0.3, -0.25) is 0 Å². The second kappa shape index (κ2) is 3.82. The first-order valence-electron chi connectivity index (χ1n) is 3.51. The molecule has 0 spiro atoms. The Labute approximate surface area is 77.6 Å². The Balaban J connectivity index is 3.02. The van der Waals surface area contributed by atoms with E-state index in [0.717, 1.165) is 6.33 Å². The standard InChI is InChI=1S/C6H6N4O4/c7-1-3(11)5(12)4-6(10(13)14)9-2-8-4/h2-3,5,11-12H,(H,8,9). The van der Waals surface area contributed by atoms with Crippen LogP contribution in [0.1, 0.15) is 11.8 Å². The van der Waals surface area contributed by atoms with Gasteiger partial charge >= 0.3 is 5.82 Å². The monoisotopic (exact) mass is 198 g/mol. The molecule has 0 aliphatic carbocycles. The molecule has 0 bridgehead atoms. The normalized spacial score (nSPS) is 14.4. The van der Waals surface area contributed by atoms with Crippen LogP contribution in [0.15, 0.2) is 6.33 Å². The third-order valence-corrected chi connectivity index (χ3v) is 1.54. The van der Waals surface area contributed by atoms with Gasteiger partial charge in [-0.2, -0.15) is 5.26 Å². The highest BCUT2D eigenvalue weighted by Crippen LogP contribution is 2.22. The predicted molar refractivity (Wildman–Crippen MR) is 41.8 cm³/mol. The van der Waals surface area contributed by atoms with E-state index in [1.54, 1.807) is 0 Å². The number of nitrogens with one attached hydrogen (secondary N) is 1. The summed E-state index contributed by atoms with van der Waals surface area (Å²) in [7, 11) is 0. The molecule has 2 atom stereocenters. The van der Waals surface area contributed by atoms with Gasteiger partial charge in [-0.1, -0.05) is 0 Å². The molecule has 1 aromatic rings. The van der Waals surface area contributed by atoms with Gasteiger partial charge in [0, 0.05) is 0 Å². The Bertz CT molecular complexity index is 381. The molecule has 0 amide bonds. The number of hydrogen-bond donors (Lipinski definition) is 3. The average molecular weight is 198 g/mol. The number of nitro groups is 1. The number of nitrogens with zero attached hydrogens (tertiary/aromatic N) is 3. The molecule has 8 nitrogen and oxygen atoms in total. The maximum atomic E-state index is 10.4. The number of aliphatic hydroxyl groups is 2. The van der Waals surface area contributed by atoms with E-state index in [9.17, 15) is 15.2 Å². The first-order chi connectivity index (χ1) is 6.57. The zero-order chi connectivity index (χ0) is 10.7. The molecule has 2 unspecified atom stereocenters. The van der Waals surface area contributed by atoms with Crippen molar-refractivity contribution in [3.63, 3.8) is 0 Å².